The molecule has 5 unspecified atom stereocenters. The van der Waals surface area contributed by atoms with Crippen LogP contribution in [0.3, 0.4) is 0 Å². The Hall–Kier alpha value is -5.18. The molecule has 2 aliphatic carbocycles. The average molecular weight is 790 g/mol. The van der Waals surface area contributed by atoms with Crippen molar-refractivity contribution in [1.82, 2.24) is 25.2 Å². The Kier molecular flexibility index (Phi) is 11.4. The molecule has 56 heavy (non-hydrogen) atoms. The second-order valence-electron chi connectivity index (χ2n) is 16.2. The average Bonchev–Trinajstić information content (AvgIpc) is 4.07. The number of amides is 4. The SMILES string of the molecule is C=CC1CC1(NC(=O)C1CC(Oc2cc(-c3ccccc3)nc3cc(OC)ccc23)CN1C(=O)C(CC(C)C)NC(=O)OC(C)(C)C)C(=O)NS(=O)(=O)C1CC1. The van der Waals surface area contributed by atoms with Crippen molar-refractivity contribution in [3.8, 4) is 22.8 Å². The minimum atomic E-state index is -3.91. The maximum atomic E-state index is 14.5. The lowest BCUT2D eigenvalue weighted by Crippen LogP contribution is -2.58. The third-order valence-electron chi connectivity index (χ3n) is 10.1. The first-order valence-corrected chi connectivity index (χ1v) is 20.5. The lowest BCUT2D eigenvalue weighted by Gasteiger charge is -2.31. The molecule has 4 amide bonds. The van der Waals surface area contributed by atoms with E-state index in [9.17, 15) is 27.6 Å². The van der Waals surface area contributed by atoms with E-state index in [1.165, 1.54) is 11.0 Å². The third-order valence-corrected chi connectivity index (χ3v) is 12.0. The molecule has 2 aromatic carbocycles. The molecule has 2 heterocycles. The van der Waals surface area contributed by atoms with Gasteiger partial charge in [-0.2, -0.15) is 0 Å². The van der Waals surface area contributed by atoms with Crippen LogP contribution in [-0.4, -0.2) is 90.3 Å². The van der Waals surface area contributed by atoms with Gasteiger partial charge in [-0.1, -0.05) is 50.3 Å². The molecule has 300 valence electrons. The third kappa shape index (κ3) is 9.09. The lowest BCUT2D eigenvalue weighted by atomic mass is 10.0. The molecule has 1 aromatic heterocycles. The molecule has 2 saturated carbocycles. The molecule has 3 fully saturated rings. The van der Waals surface area contributed by atoms with E-state index in [1.54, 1.807) is 40.0 Å². The van der Waals surface area contributed by atoms with E-state index in [0.717, 1.165) is 5.56 Å². The molecule has 0 bridgehead atoms. The number of methoxy groups -OCH3 is 1. The van der Waals surface area contributed by atoms with Crippen molar-refractivity contribution >= 4 is 44.7 Å². The first kappa shape index (κ1) is 40.5. The Bertz CT molecular complexity index is 2120. The lowest BCUT2D eigenvalue weighted by molar-refractivity contribution is -0.141. The number of ether oxygens (including phenoxy) is 3. The summed E-state index contributed by atoms with van der Waals surface area (Å²) in [7, 11) is -2.34. The first-order valence-electron chi connectivity index (χ1n) is 18.9. The van der Waals surface area contributed by atoms with E-state index < -0.39 is 74.3 Å². The van der Waals surface area contributed by atoms with Gasteiger partial charge in [-0.25, -0.2) is 18.2 Å². The minimum absolute atomic E-state index is 0.0237. The summed E-state index contributed by atoms with van der Waals surface area (Å²) in [6, 6.07) is 14.6. The Morgan fingerprint density at radius 1 is 1.07 bits per heavy atom. The quantitative estimate of drug-likeness (QED) is 0.191. The van der Waals surface area contributed by atoms with E-state index in [2.05, 4.69) is 21.9 Å². The highest BCUT2D eigenvalue weighted by molar-refractivity contribution is 7.91. The molecule has 5 atom stereocenters. The number of likely N-dealkylation sites (tertiary alicyclic amines) is 1. The number of carbonyl (C=O) groups excluding carboxylic acids is 4. The summed E-state index contributed by atoms with van der Waals surface area (Å²) < 4.78 is 45.3. The number of nitrogens with zero attached hydrogens (tertiary/aromatic N) is 2. The molecule has 3 N–H and O–H groups in total. The molecule has 3 aromatic rings. The summed E-state index contributed by atoms with van der Waals surface area (Å²) in [5.74, 6) is -1.53. The smallest absolute Gasteiger partial charge is 0.408 e. The van der Waals surface area contributed by atoms with Gasteiger partial charge in [0.1, 0.15) is 40.8 Å². The van der Waals surface area contributed by atoms with Crippen LogP contribution in [0.4, 0.5) is 4.79 Å². The van der Waals surface area contributed by atoms with Crippen LogP contribution in [0, 0.1) is 11.8 Å². The second kappa shape index (κ2) is 15.8. The van der Waals surface area contributed by atoms with Crippen LogP contribution in [0.15, 0.2) is 67.3 Å². The van der Waals surface area contributed by atoms with Gasteiger partial charge in [0, 0.05) is 35.4 Å². The van der Waals surface area contributed by atoms with E-state index in [-0.39, 0.29) is 31.7 Å². The van der Waals surface area contributed by atoms with Crippen LogP contribution in [0.2, 0.25) is 0 Å². The maximum absolute atomic E-state index is 14.5. The van der Waals surface area contributed by atoms with Crippen molar-refractivity contribution in [2.75, 3.05) is 13.7 Å². The fourth-order valence-corrected chi connectivity index (χ4v) is 8.44. The van der Waals surface area contributed by atoms with E-state index >= 15 is 0 Å². The topological polar surface area (TPSA) is 182 Å². The molecule has 15 heteroatoms. The maximum Gasteiger partial charge on any atom is 0.408 e. The largest absolute Gasteiger partial charge is 0.497 e. The fraction of sp³-hybridized carbons (Fsp3) is 0.488. The molecular formula is C41H51N5O9S. The standard InChI is InChI=1S/C41H51N5O9S/c1-8-26-22-41(26,38(49)45-56(51,52)29-15-16-29)44-36(47)34-20-28(23-46(34)37(48)33(18-24(2)3)43-39(50)55-40(4,5)6)54-35-21-31(25-12-10-9-11-13-25)42-32-19-27(53-7)14-17-30(32)35/h8-14,17,19,21,24,26,28-29,33-34H,1,15-16,18,20,22-23H2,2-7H3,(H,43,50)(H,44,47)(H,45,49). The number of rotatable bonds is 14. The van der Waals surface area contributed by atoms with Gasteiger partial charge in [-0.15, -0.1) is 6.58 Å². The number of carbonyl (C=O) groups is 4. The summed E-state index contributed by atoms with van der Waals surface area (Å²) in [5.41, 5.74) is -0.295. The molecule has 14 nitrogen and oxygen atoms in total. The van der Waals surface area contributed by atoms with Crippen LogP contribution in [-0.2, 0) is 29.1 Å². The van der Waals surface area contributed by atoms with E-state index in [1.807, 2.05) is 56.3 Å². The van der Waals surface area contributed by atoms with Gasteiger partial charge < -0.3 is 29.7 Å². The van der Waals surface area contributed by atoms with Crippen LogP contribution in [0.25, 0.3) is 22.2 Å². The number of benzene rings is 2. The summed E-state index contributed by atoms with van der Waals surface area (Å²) >= 11 is 0. The highest BCUT2D eigenvalue weighted by atomic mass is 32.2. The highest BCUT2D eigenvalue weighted by Gasteiger charge is 2.62. The van der Waals surface area contributed by atoms with Crippen molar-refractivity contribution in [3.63, 3.8) is 0 Å². The number of hydrogen-bond donors (Lipinski definition) is 3. The molecule has 1 aliphatic heterocycles. The number of pyridine rings is 1. The first-order chi connectivity index (χ1) is 26.4. The number of aromatic nitrogens is 1. The van der Waals surface area contributed by atoms with Gasteiger partial charge in [0.05, 0.1) is 30.1 Å². The van der Waals surface area contributed by atoms with E-state index in [4.69, 9.17) is 19.2 Å². The second-order valence-corrected chi connectivity index (χ2v) is 18.2. The predicted octanol–water partition coefficient (Wildman–Crippen LogP) is 4.87. The summed E-state index contributed by atoms with van der Waals surface area (Å²) in [6.45, 7) is 12.7. The molecule has 3 aliphatic rings. The number of sulfonamides is 1. The molecule has 0 radical (unpaired) electrons. The van der Waals surface area contributed by atoms with Gasteiger partial charge in [-0.05, 0) is 64.5 Å². The fourth-order valence-electron chi connectivity index (χ4n) is 7.07. The van der Waals surface area contributed by atoms with Crippen LogP contribution >= 0.6 is 0 Å². The van der Waals surface area contributed by atoms with Gasteiger partial charge >= 0.3 is 6.09 Å². The number of fused-ring (bicyclic) bond motifs is 1. The van der Waals surface area contributed by atoms with Crippen molar-refractivity contribution < 1.29 is 41.8 Å². The van der Waals surface area contributed by atoms with Gasteiger partial charge in [-0.3, -0.25) is 19.1 Å². The number of alkyl carbamates (subject to hydrolysis) is 1. The Balaban J connectivity index is 1.33. The zero-order valence-corrected chi connectivity index (χ0v) is 33.5. The Morgan fingerprint density at radius 3 is 2.39 bits per heavy atom. The monoisotopic (exact) mass is 789 g/mol. The predicted molar refractivity (Wildman–Crippen MR) is 210 cm³/mol. The molecule has 0 spiro atoms. The molecular weight excluding hydrogens is 739 g/mol. The number of nitrogens with one attached hydrogen (secondary N) is 3. The normalized spacial score (nSPS) is 22.6. The highest BCUT2D eigenvalue weighted by Crippen LogP contribution is 2.45. The summed E-state index contributed by atoms with van der Waals surface area (Å²) in [5, 5.41) is 5.56. The molecule has 6 rings (SSSR count). The van der Waals surface area contributed by atoms with Crippen molar-refractivity contribution in [1.29, 1.82) is 0 Å². The zero-order valence-electron chi connectivity index (χ0n) is 32.7. The molecule has 1 saturated heterocycles. The van der Waals surface area contributed by atoms with Crippen LogP contribution < -0.4 is 24.8 Å². The van der Waals surface area contributed by atoms with Gasteiger partial charge in [0.15, 0.2) is 0 Å². The van der Waals surface area contributed by atoms with Crippen molar-refractivity contribution in [2.45, 2.75) is 101 Å². The van der Waals surface area contributed by atoms with Crippen LogP contribution in [0.1, 0.15) is 66.7 Å². The zero-order chi connectivity index (χ0) is 40.6. The minimum Gasteiger partial charge on any atom is -0.497 e. The number of hydrogen-bond acceptors (Lipinski definition) is 10. The van der Waals surface area contributed by atoms with E-state index in [0.29, 0.717) is 40.9 Å². The summed E-state index contributed by atoms with van der Waals surface area (Å²) in [4.78, 5) is 61.7. The van der Waals surface area contributed by atoms with Crippen molar-refractivity contribution in [3.05, 3.63) is 67.3 Å². The van der Waals surface area contributed by atoms with Crippen molar-refractivity contribution in [2.24, 2.45) is 11.8 Å². The van der Waals surface area contributed by atoms with Gasteiger partial charge in [0.25, 0.3) is 5.91 Å². The Morgan fingerprint density at radius 2 is 1.79 bits per heavy atom. The summed E-state index contributed by atoms with van der Waals surface area (Å²) in [6.07, 6.45) is 1.32. The Labute approximate surface area is 327 Å². The van der Waals surface area contributed by atoms with Gasteiger partial charge in [0.2, 0.25) is 21.8 Å². The van der Waals surface area contributed by atoms with Crippen LogP contribution in [0.5, 0.6) is 11.5 Å².